The van der Waals surface area contributed by atoms with Crippen LogP contribution >= 0.6 is 0 Å². The molecule has 1 aliphatic rings. The van der Waals surface area contributed by atoms with Gasteiger partial charge in [-0.3, -0.25) is 29.3 Å². The molecule has 0 aromatic heterocycles. The van der Waals surface area contributed by atoms with E-state index in [1.165, 1.54) is 13.0 Å². The Morgan fingerprint density at radius 2 is 1.71 bits per heavy atom. The van der Waals surface area contributed by atoms with Crippen LogP contribution in [0.3, 0.4) is 0 Å². The number of carbonyl (C=O) groups excluding carboxylic acids is 5. The monoisotopic (exact) mass is 467 g/mol. The summed E-state index contributed by atoms with van der Waals surface area (Å²) in [6.45, 7) is 7.17. The Balaban J connectivity index is 2.18. The maximum absolute atomic E-state index is 13.2. The summed E-state index contributed by atoms with van der Waals surface area (Å²) in [7, 11) is 0. The molecule has 2 rings (SSSR count). The Kier molecular flexibility index (Phi) is 9.92. The number of hydrogen-bond acceptors (Lipinski definition) is 5. The van der Waals surface area contributed by atoms with Crippen LogP contribution in [0, 0.1) is 17.8 Å². The summed E-state index contributed by atoms with van der Waals surface area (Å²) in [5.41, 5.74) is 0.742. The lowest BCUT2D eigenvalue weighted by atomic mass is 9.86. The third kappa shape index (κ3) is 7.50. The smallest absolute Gasteiger partial charge is 0.244 e. The van der Waals surface area contributed by atoms with Gasteiger partial charge < -0.3 is 10.6 Å². The highest BCUT2D eigenvalue weighted by Crippen LogP contribution is 2.24. The number of allylic oxidation sites excluding steroid dienone is 3. The normalized spacial score (nSPS) is 19.9. The van der Waals surface area contributed by atoms with Crippen molar-refractivity contribution in [1.82, 2.24) is 16.0 Å². The largest absolute Gasteiger partial charge is 0.346 e. The van der Waals surface area contributed by atoms with E-state index in [9.17, 15) is 24.0 Å². The number of benzene rings is 1. The van der Waals surface area contributed by atoms with Gasteiger partial charge in [-0.25, -0.2) is 0 Å². The fraction of sp³-hybridized carbons (Fsp3) is 0.423. The van der Waals surface area contributed by atoms with Gasteiger partial charge >= 0.3 is 0 Å². The number of carbonyl (C=O) groups is 5. The Bertz CT molecular complexity index is 968. The molecule has 4 atom stereocenters. The molecular formula is C26H33N3O5. The average molecular weight is 468 g/mol. The molecule has 1 heterocycles. The van der Waals surface area contributed by atoms with Gasteiger partial charge in [0.15, 0.2) is 5.78 Å². The van der Waals surface area contributed by atoms with Gasteiger partial charge in [0.25, 0.3) is 0 Å². The van der Waals surface area contributed by atoms with Gasteiger partial charge in [0.05, 0.1) is 24.4 Å². The quantitative estimate of drug-likeness (QED) is 0.200. The van der Waals surface area contributed by atoms with Crippen molar-refractivity contribution >= 4 is 29.4 Å². The van der Waals surface area contributed by atoms with Crippen LogP contribution in [0.1, 0.15) is 52.1 Å². The van der Waals surface area contributed by atoms with Crippen LogP contribution in [-0.2, 0) is 24.0 Å². The molecule has 1 saturated heterocycles. The number of amides is 4. The van der Waals surface area contributed by atoms with Gasteiger partial charge in [0, 0.05) is 6.08 Å². The molecule has 0 bridgehead atoms. The maximum atomic E-state index is 13.2. The molecule has 0 spiro atoms. The number of nitrogens with one attached hydrogen (secondary N) is 3. The molecule has 1 unspecified atom stereocenters. The molecule has 1 aromatic rings. The minimum absolute atomic E-state index is 0.0612. The molecule has 8 nitrogen and oxygen atoms in total. The third-order valence-corrected chi connectivity index (χ3v) is 5.59. The number of Topliss-reactive ketones (excluding diaryl/α,β-unsaturated/α-hetero) is 1. The first kappa shape index (κ1) is 26.7. The zero-order chi connectivity index (χ0) is 25.3. The molecule has 182 valence electrons. The second-order valence-corrected chi connectivity index (χ2v) is 8.83. The molecule has 8 heteroatoms. The Morgan fingerprint density at radius 3 is 2.26 bits per heavy atom. The molecule has 1 aliphatic heterocycles. The highest BCUT2D eigenvalue weighted by molar-refractivity contribution is 6.16. The van der Waals surface area contributed by atoms with Crippen molar-refractivity contribution in [1.29, 1.82) is 0 Å². The Hall–Kier alpha value is -3.55. The highest BCUT2D eigenvalue weighted by atomic mass is 16.2. The second kappa shape index (κ2) is 12.6. The van der Waals surface area contributed by atoms with Crippen LogP contribution < -0.4 is 16.0 Å². The van der Waals surface area contributed by atoms with Gasteiger partial charge in [-0.15, -0.1) is 0 Å². The molecule has 0 radical (unpaired) electrons. The first-order valence-electron chi connectivity index (χ1n) is 11.5. The van der Waals surface area contributed by atoms with Crippen LogP contribution in [0.4, 0.5) is 0 Å². The average Bonchev–Trinajstić information content (AvgIpc) is 3.04. The van der Waals surface area contributed by atoms with Gasteiger partial charge in [-0.2, -0.15) is 0 Å². The second-order valence-electron chi connectivity index (χ2n) is 8.83. The first-order chi connectivity index (χ1) is 16.1. The van der Waals surface area contributed by atoms with E-state index in [0.29, 0.717) is 6.42 Å². The highest BCUT2D eigenvalue weighted by Gasteiger charge is 2.45. The summed E-state index contributed by atoms with van der Waals surface area (Å²) in [5.74, 6) is -4.25. The van der Waals surface area contributed by atoms with E-state index in [1.807, 2.05) is 39.0 Å². The summed E-state index contributed by atoms with van der Waals surface area (Å²) in [4.78, 5) is 62.5. The molecule has 1 fully saturated rings. The van der Waals surface area contributed by atoms with Crippen LogP contribution in [-0.4, -0.2) is 35.5 Å². The third-order valence-electron chi connectivity index (χ3n) is 5.59. The van der Waals surface area contributed by atoms with Gasteiger partial charge in [-0.05, 0) is 24.8 Å². The van der Waals surface area contributed by atoms with Gasteiger partial charge in [0.1, 0.15) is 5.92 Å². The van der Waals surface area contributed by atoms with Gasteiger partial charge in [-0.1, -0.05) is 69.3 Å². The summed E-state index contributed by atoms with van der Waals surface area (Å²) in [6, 6.07) is 7.53. The van der Waals surface area contributed by atoms with Crippen molar-refractivity contribution in [3.63, 3.8) is 0 Å². The first-order valence-corrected chi connectivity index (χ1v) is 11.5. The van der Waals surface area contributed by atoms with E-state index in [4.69, 9.17) is 0 Å². The molecule has 34 heavy (non-hydrogen) atoms. The van der Waals surface area contributed by atoms with Crippen LogP contribution in [0.2, 0.25) is 0 Å². The molecule has 0 saturated carbocycles. The van der Waals surface area contributed by atoms with E-state index < -0.39 is 47.4 Å². The number of ketones is 1. The van der Waals surface area contributed by atoms with E-state index in [0.717, 1.165) is 5.56 Å². The van der Waals surface area contributed by atoms with Crippen LogP contribution in [0.5, 0.6) is 0 Å². The summed E-state index contributed by atoms with van der Waals surface area (Å²) < 4.78 is 0. The summed E-state index contributed by atoms with van der Waals surface area (Å²) in [6.07, 6.45) is 6.71. The zero-order valence-electron chi connectivity index (χ0n) is 20.0. The molecule has 3 N–H and O–H groups in total. The molecular weight excluding hydrogens is 434 g/mol. The van der Waals surface area contributed by atoms with Crippen LogP contribution in [0.25, 0.3) is 0 Å². The number of hydrogen-bond donors (Lipinski definition) is 3. The standard InChI is InChI=1S/C26H33N3O5/c1-5-6-8-13-21(30)27-19(18-11-9-7-10-12-18)15-22(31)28-20(14-16(2)3)24(32)23-17(4)25(33)29-26(23)34/h5-13,16-17,19-20,23H,14-15H2,1-4H3,(H,27,30)(H,28,31)(H,29,33,34)/b6-5+,13-8+/t17-,19-,20?,23+/m0/s1. The fourth-order valence-corrected chi connectivity index (χ4v) is 3.85. The van der Waals surface area contributed by atoms with Crippen molar-refractivity contribution in [2.75, 3.05) is 0 Å². The molecule has 0 aliphatic carbocycles. The lowest BCUT2D eigenvalue weighted by Gasteiger charge is -2.24. The van der Waals surface area contributed by atoms with E-state index in [1.54, 1.807) is 30.4 Å². The van der Waals surface area contributed by atoms with Crippen molar-refractivity contribution in [3.05, 3.63) is 60.2 Å². The fourth-order valence-electron chi connectivity index (χ4n) is 3.85. The predicted octanol–water partition coefficient (Wildman–Crippen LogP) is 2.38. The van der Waals surface area contributed by atoms with E-state index in [-0.39, 0.29) is 18.2 Å². The lowest BCUT2D eigenvalue weighted by molar-refractivity contribution is -0.137. The predicted molar refractivity (Wildman–Crippen MR) is 128 cm³/mol. The van der Waals surface area contributed by atoms with Crippen molar-refractivity contribution in [2.24, 2.45) is 17.8 Å². The number of imide groups is 1. The molecule has 1 aromatic carbocycles. The molecule has 4 amide bonds. The van der Waals surface area contributed by atoms with Crippen molar-refractivity contribution in [3.8, 4) is 0 Å². The number of rotatable bonds is 11. The Labute approximate surface area is 200 Å². The zero-order valence-corrected chi connectivity index (χ0v) is 20.0. The van der Waals surface area contributed by atoms with Gasteiger partial charge in [0.2, 0.25) is 23.6 Å². The SMILES string of the molecule is C/C=C/C=C/C(=O)N[C@@H](CC(=O)NC(CC(C)C)C(=O)[C@@H]1C(=O)NC(=O)[C@H]1C)c1ccccc1. The van der Waals surface area contributed by atoms with Crippen molar-refractivity contribution in [2.45, 2.75) is 52.6 Å². The lowest BCUT2D eigenvalue weighted by Crippen LogP contribution is -2.47. The maximum Gasteiger partial charge on any atom is 0.244 e. The minimum atomic E-state index is -1.13. The minimum Gasteiger partial charge on any atom is -0.346 e. The van der Waals surface area contributed by atoms with Crippen LogP contribution in [0.15, 0.2) is 54.6 Å². The van der Waals surface area contributed by atoms with E-state index in [2.05, 4.69) is 16.0 Å². The van der Waals surface area contributed by atoms with E-state index >= 15 is 0 Å². The summed E-state index contributed by atoms with van der Waals surface area (Å²) in [5, 5.41) is 7.76. The Morgan fingerprint density at radius 1 is 1.03 bits per heavy atom. The summed E-state index contributed by atoms with van der Waals surface area (Å²) >= 11 is 0. The topological polar surface area (TPSA) is 121 Å². The van der Waals surface area contributed by atoms with Crippen molar-refractivity contribution < 1.29 is 24.0 Å².